The number of H-pyrrole nitrogens is 2. The van der Waals surface area contributed by atoms with Crippen molar-refractivity contribution in [1.29, 1.82) is 0 Å². The first-order chi connectivity index (χ1) is 24.2. The minimum absolute atomic E-state index is 0.318. The topological polar surface area (TPSA) is 135 Å². The second-order valence-corrected chi connectivity index (χ2v) is 15.0. The first kappa shape index (κ1) is 37.4. The van der Waals surface area contributed by atoms with E-state index in [1.807, 2.05) is 54.7 Å². The number of carbonyl (C=O) groups is 2. The molecular weight excluding hydrogens is 648 g/mol. The maximum absolute atomic E-state index is 12.8. The molecule has 2 aliphatic rings. The van der Waals surface area contributed by atoms with Gasteiger partial charge in [0.25, 0.3) is 6.47 Å². The standard InChI is InChI=1S/C34H42N6O4.C5H10O2/c1-7-9-39(6)17-29-35-15-25(37-29)21-11-23-19-43-28-14-22(12-24-20-42-27(13-21)31(23)32(24)28)26-16-36-30(38-26)18-40(10-8-2)33(41)44-34(3,4)5;1-5(2,3)7-4-6/h11-16H,7-10,17-20H2,1-6H3,(H,35,37)(H,36,38);4H,1-3H3. The van der Waals surface area contributed by atoms with E-state index in [0.29, 0.717) is 38.6 Å². The highest BCUT2D eigenvalue weighted by Gasteiger charge is 2.30. The highest BCUT2D eigenvalue weighted by atomic mass is 16.6. The Morgan fingerprint density at radius 3 is 1.75 bits per heavy atom. The van der Waals surface area contributed by atoms with Crippen LogP contribution in [0.25, 0.3) is 33.6 Å². The fourth-order valence-electron chi connectivity index (χ4n) is 6.04. The van der Waals surface area contributed by atoms with Gasteiger partial charge in [0.05, 0.1) is 36.9 Å². The van der Waals surface area contributed by atoms with E-state index in [4.69, 9.17) is 14.2 Å². The number of nitrogens with zero attached hydrogens (tertiary/aromatic N) is 4. The van der Waals surface area contributed by atoms with Gasteiger partial charge in [-0.05, 0) is 92.2 Å². The highest BCUT2D eigenvalue weighted by Crippen LogP contribution is 2.50. The molecule has 12 heteroatoms. The lowest BCUT2D eigenvalue weighted by Gasteiger charge is -2.30. The molecule has 0 spiro atoms. The molecule has 0 saturated carbocycles. The SMILES string of the molecule is CC(C)(C)OC=O.CCCN(C)Cc1ncc(-c2cc3c4c(c2)OCc2cc(-c5cnc(CN(CCC)C(=O)OC(C)(C)C)[nH]5)cc(c2-4)OC3)[nH]1. The van der Waals surface area contributed by atoms with Gasteiger partial charge in [-0.1, -0.05) is 13.8 Å². The normalized spacial score (nSPS) is 13.0. The third kappa shape index (κ3) is 9.49. The molecule has 1 amide bonds. The first-order valence-electron chi connectivity index (χ1n) is 17.6. The van der Waals surface area contributed by atoms with Crippen LogP contribution in [0.3, 0.4) is 0 Å². The summed E-state index contributed by atoms with van der Waals surface area (Å²) in [5.74, 6) is 3.35. The summed E-state index contributed by atoms with van der Waals surface area (Å²) >= 11 is 0. The molecule has 274 valence electrons. The van der Waals surface area contributed by atoms with Crippen molar-refractivity contribution >= 4 is 12.6 Å². The number of hydrogen-bond donors (Lipinski definition) is 2. The summed E-state index contributed by atoms with van der Waals surface area (Å²) in [5.41, 5.74) is 7.31. The van der Waals surface area contributed by atoms with Gasteiger partial charge in [0, 0.05) is 39.9 Å². The van der Waals surface area contributed by atoms with Crippen LogP contribution in [0.2, 0.25) is 0 Å². The zero-order valence-corrected chi connectivity index (χ0v) is 31.4. The van der Waals surface area contributed by atoms with Crippen molar-refractivity contribution in [1.82, 2.24) is 29.7 Å². The van der Waals surface area contributed by atoms with Crippen molar-refractivity contribution in [3.8, 4) is 45.1 Å². The molecule has 6 rings (SSSR count). The summed E-state index contributed by atoms with van der Waals surface area (Å²) in [4.78, 5) is 42.4. The molecule has 0 atom stereocenters. The van der Waals surface area contributed by atoms with Crippen molar-refractivity contribution in [3.05, 3.63) is 59.4 Å². The third-order valence-corrected chi connectivity index (χ3v) is 8.18. The molecule has 2 aliphatic heterocycles. The van der Waals surface area contributed by atoms with Gasteiger partial charge in [-0.25, -0.2) is 14.8 Å². The van der Waals surface area contributed by atoms with Crippen molar-refractivity contribution in [2.75, 3.05) is 20.1 Å². The van der Waals surface area contributed by atoms with Gasteiger partial charge in [0.2, 0.25) is 0 Å². The molecule has 0 saturated heterocycles. The van der Waals surface area contributed by atoms with Crippen LogP contribution in [0.4, 0.5) is 4.79 Å². The Kier molecular flexibility index (Phi) is 11.4. The number of benzene rings is 2. The van der Waals surface area contributed by atoms with Crippen LogP contribution in [0.1, 0.15) is 91.0 Å². The third-order valence-electron chi connectivity index (χ3n) is 8.18. The largest absolute Gasteiger partial charge is 0.488 e. The van der Waals surface area contributed by atoms with Crippen molar-refractivity contribution in [3.63, 3.8) is 0 Å². The lowest BCUT2D eigenvalue weighted by molar-refractivity contribution is -0.138. The Labute approximate surface area is 300 Å². The molecule has 4 heterocycles. The Hall–Kier alpha value is -4.84. The van der Waals surface area contributed by atoms with Crippen molar-refractivity contribution in [2.45, 2.75) is 106 Å². The molecule has 2 aromatic carbocycles. The summed E-state index contributed by atoms with van der Waals surface area (Å²) in [6.45, 7) is 19.4. The van der Waals surface area contributed by atoms with Crippen LogP contribution in [-0.2, 0) is 40.6 Å². The molecule has 4 aromatic rings. The predicted molar refractivity (Wildman–Crippen MR) is 196 cm³/mol. The first-order valence-corrected chi connectivity index (χ1v) is 17.6. The van der Waals surface area contributed by atoms with Gasteiger partial charge in [0.15, 0.2) is 0 Å². The number of hydrogen-bond acceptors (Lipinski definition) is 9. The van der Waals surface area contributed by atoms with Crippen LogP contribution >= 0.6 is 0 Å². The van der Waals surface area contributed by atoms with Gasteiger partial charge < -0.3 is 33.8 Å². The van der Waals surface area contributed by atoms with Gasteiger partial charge in [0.1, 0.15) is 47.6 Å². The second-order valence-electron chi connectivity index (χ2n) is 15.0. The zero-order valence-electron chi connectivity index (χ0n) is 31.4. The number of aromatic amines is 2. The number of carbonyl (C=O) groups excluding carboxylic acids is 2. The minimum Gasteiger partial charge on any atom is -0.488 e. The van der Waals surface area contributed by atoms with Crippen LogP contribution in [0.5, 0.6) is 11.5 Å². The molecule has 0 fully saturated rings. The summed E-state index contributed by atoms with van der Waals surface area (Å²) in [6, 6.07) is 8.48. The molecule has 2 N–H and O–H groups in total. The maximum Gasteiger partial charge on any atom is 0.410 e. The molecule has 0 unspecified atom stereocenters. The second kappa shape index (κ2) is 15.6. The summed E-state index contributed by atoms with van der Waals surface area (Å²) in [7, 11) is 2.11. The summed E-state index contributed by atoms with van der Waals surface area (Å²) in [5, 5.41) is 0. The molecule has 51 heavy (non-hydrogen) atoms. The number of nitrogens with one attached hydrogen (secondary N) is 2. The molecule has 2 aromatic heterocycles. The average molecular weight is 701 g/mol. The van der Waals surface area contributed by atoms with E-state index in [1.54, 1.807) is 11.1 Å². The van der Waals surface area contributed by atoms with E-state index in [9.17, 15) is 9.59 Å². The number of ether oxygens (including phenoxy) is 4. The van der Waals surface area contributed by atoms with E-state index in [1.165, 1.54) is 0 Å². The molecule has 0 radical (unpaired) electrons. The van der Waals surface area contributed by atoms with Gasteiger partial charge >= 0.3 is 6.09 Å². The smallest absolute Gasteiger partial charge is 0.410 e. The fourth-order valence-corrected chi connectivity index (χ4v) is 6.04. The van der Waals surface area contributed by atoms with Crippen LogP contribution in [0, 0.1) is 0 Å². The van der Waals surface area contributed by atoms with E-state index in [2.05, 4.69) is 67.8 Å². The number of amides is 1. The van der Waals surface area contributed by atoms with Gasteiger partial charge in [-0.3, -0.25) is 9.69 Å². The Bertz CT molecular complexity index is 1780. The Balaban J connectivity index is 0.000000654. The summed E-state index contributed by atoms with van der Waals surface area (Å²) < 4.78 is 22.8. The Morgan fingerprint density at radius 1 is 0.804 bits per heavy atom. The van der Waals surface area contributed by atoms with Crippen molar-refractivity contribution < 1.29 is 28.5 Å². The van der Waals surface area contributed by atoms with Gasteiger partial charge in [-0.15, -0.1) is 0 Å². The highest BCUT2D eigenvalue weighted by molar-refractivity contribution is 5.88. The van der Waals surface area contributed by atoms with Crippen LogP contribution < -0.4 is 9.47 Å². The fraction of sp³-hybridized carbons (Fsp3) is 0.487. The van der Waals surface area contributed by atoms with Crippen LogP contribution in [0.15, 0.2) is 36.7 Å². The molecule has 12 nitrogen and oxygen atoms in total. The van der Waals surface area contributed by atoms with Crippen molar-refractivity contribution in [2.24, 2.45) is 0 Å². The monoisotopic (exact) mass is 700 g/mol. The number of aromatic nitrogens is 4. The van der Waals surface area contributed by atoms with E-state index < -0.39 is 5.60 Å². The number of rotatable bonds is 11. The quantitative estimate of drug-likeness (QED) is 0.150. The van der Waals surface area contributed by atoms with E-state index >= 15 is 0 Å². The average Bonchev–Trinajstić information content (AvgIpc) is 3.72. The van der Waals surface area contributed by atoms with Gasteiger partial charge in [-0.2, -0.15) is 0 Å². The minimum atomic E-state index is -0.558. The van der Waals surface area contributed by atoms with E-state index in [-0.39, 0.29) is 11.7 Å². The summed E-state index contributed by atoms with van der Waals surface area (Å²) in [6.07, 6.45) is 5.29. The molecule has 0 aliphatic carbocycles. The lowest BCUT2D eigenvalue weighted by Crippen LogP contribution is -2.37. The zero-order chi connectivity index (χ0) is 36.9. The predicted octanol–water partition coefficient (Wildman–Crippen LogP) is 7.87. The lowest BCUT2D eigenvalue weighted by atomic mass is 9.87. The molecular formula is C39H52N6O6. The number of imidazole rings is 2. The maximum atomic E-state index is 12.8. The molecule has 0 bridgehead atoms. The van der Waals surface area contributed by atoms with E-state index in [0.717, 1.165) is 88.0 Å². The Morgan fingerprint density at radius 2 is 1.31 bits per heavy atom. The van der Waals surface area contributed by atoms with Crippen LogP contribution in [-0.4, -0.2) is 73.6 Å².